The number of carbonyl (C=O) groups is 1. The van der Waals surface area contributed by atoms with E-state index >= 15 is 0 Å². The summed E-state index contributed by atoms with van der Waals surface area (Å²) in [7, 11) is 0. The molecule has 1 fully saturated rings. The molecule has 0 unspecified atom stereocenters. The first-order chi connectivity index (χ1) is 9.60. The molecule has 1 aliphatic rings. The molecule has 1 amide bonds. The highest BCUT2D eigenvalue weighted by Gasteiger charge is 2.22. The Morgan fingerprint density at radius 3 is 2.95 bits per heavy atom. The summed E-state index contributed by atoms with van der Waals surface area (Å²) in [6, 6.07) is 5.38. The monoisotopic (exact) mass is 327 g/mol. The van der Waals surface area contributed by atoms with E-state index in [-0.39, 0.29) is 5.91 Å². The lowest BCUT2D eigenvalue weighted by atomic mass is 10.2. The molecule has 1 N–H and O–H groups in total. The van der Waals surface area contributed by atoms with Gasteiger partial charge in [0.05, 0.1) is 11.5 Å². The summed E-state index contributed by atoms with van der Waals surface area (Å²) in [5.41, 5.74) is 0.788. The van der Waals surface area contributed by atoms with Gasteiger partial charge in [0.25, 0.3) is 5.91 Å². The minimum Gasteiger partial charge on any atom is -0.493 e. The van der Waals surface area contributed by atoms with Gasteiger partial charge in [-0.2, -0.15) is 0 Å². The summed E-state index contributed by atoms with van der Waals surface area (Å²) < 4.78 is 6.20. The third-order valence-electron chi connectivity index (χ3n) is 2.66. The fourth-order valence-corrected chi connectivity index (χ4v) is 2.87. The average molecular weight is 328 g/mol. The maximum absolute atomic E-state index is 11.7. The van der Waals surface area contributed by atoms with E-state index < -0.39 is 0 Å². The molecular formula is C14H14ClNO2S2. The number of ether oxygens (including phenoxy) is 1. The van der Waals surface area contributed by atoms with Crippen molar-refractivity contribution < 1.29 is 9.53 Å². The lowest BCUT2D eigenvalue weighted by Crippen LogP contribution is -2.17. The Labute approximate surface area is 132 Å². The highest BCUT2D eigenvalue weighted by molar-refractivity contribution is 8.26. The van der Waals surface area contributed by atoms with Crippen LogP contribution in [0.4, 0.5) is 0 Å². The number of amides is 1. The maximum Gasteiger partial charge on any atom is 0.263 e. The van der Waals surface area contributed by atoms with Gasteiger partial charge >= 0.3 is 0 Å². The Kier molecular flexibility index (Phi) is 5.46. The second-order valence-corrected chi connectivity index (χ2v) is 6.39. The standard InChI is InChI=1S/C14H14ClNO2S2/c1-2-3-6-18-11-5-4-10(15)7-9(11)8-12-13(17)16-14(19)20-12/h4-5,7-8H,2-3,6H2,1H3,(H,16,17,19). The van der Waals surface area contributed by atoms with Gasteiger partial charge in [-0.1, -0.05) is 48.9 Å². The van der Waals surface area contributed by atoms with Gasteiger partial charge in [0.2, 0.25) is 0 Å². The molecule has 0 atom stereocenters. The number of halogens is 1. The first kappa shape index (κ1) is 15.4. The lowest BCUT2D eigenvalue weighted by Gasteiger charge is -2.09. The Balaban J connectivity index is 2.25. The SMILES string of the molecule is CCCCOc1ccc(Cl)cc1C=C1SC(=S)NC1=O. The van der Waals surface area contributed by atoms with Crippen molar-refractivity contribution in [1.82, 2.24) is 5.32 Å². The van der Waals surface area contributed by atoms with Crippen LogP contribution in [0.2, 0.25) is 5.02 Å². The van der Waals surface area contributed by atoms with Crippen molar-refractivity contribution in [3.63, 3.8) is 0 Å². The Hall–Kier alpha value is -1.04. The molecule has 1 aromatic rings. The first-order valence-electron chi connectivity index (χ1n) is 6.27. The second kappa shape index (κ2) is 7.11. The van der Waals surface area contributed by atoms with Gasteiger partial charge < -0.3 is 10.1 Å². The molecule has 0 aliphatic carbocycles. The third kappa shape index (κ3) is 3.98. The quantitative estimate of drug-likeness (QED) is 0.504. The fourth-order valence-electron chi connectivity index (χ4n) is 1.65. The average Bonchev–Trinajstić information content (AvgIpc) is 2.71. The van der Waals surface area contributed by atoms with Crippen molar-refractivity contribution in [2.24, 2.45) is 0 Å². The van der Waals surface area contributed by atoms with Crippen LogP contribution in [-0.4, -0.2) is 16.8 Å². The van der Waals surface area contributed by atoms with Crippen LogP contribution in [0.15, 0.2) is 23.1 Å². The number of thiocarbonyl (C=S) groups is 1. The van der Waals surface area contributed by atoms with Crippen LogP contribution in [-0.2, 0) is 4.79 Å². The number of nitrogens with one attached hydrogen (secondary N) is 1. The molecule has 1 saturated heterocycles. The number of benzene rings is 1. The number of carbonyl (C=O) groups excluding carboxylic acids is 1. The van der Waals surface area contributed by atoms with Crippen LogP contribution in [0, 0.1) is 0 Å². The molecule has 6 heteroatoms. The van der Waals surface area contributed by atoms with E-state index in [1.807, 2.05) is 6.07 Å². The molecule has 2 rings (SSSR count). The molecule has 1 heterocycles. The Bertz CT molecular complexity index is 572. The molecule has 106 valence electrons. The van der Waals surface area contributed by atoms with E-state index in [1.54, 1.807) is 18.2 Å². The minimum atomic E-state index is -0.181. The molecule has 1 aliphatic heterocycles. The zero-order valence-electron chi connectivity index (χ0n) is 10.9. The lowest BCUT2D eigenvalue weighted by molar-refractivity contribution is -0.115. The summed E-state index contributed by atoms with van der Waals surface area (Å²) >= 11 is 12.2. The molecule has 0 saturated carbocycles. The molecular weight excluding hydrogens is 314 g/mol. The molecule has 20 heavy (non-hydrogen) atoms. The van der Waals surface area contributed by atoms with Gasteiger partial charge in [-0.25, -0.2) is 0 Å². The van der Waals surface area contributed by atoms with Gasteiger partial charge in [-0.3, -0.25) is 4.79 Å². The van der Waals surface area contributed by atoms with E-state index in [2.05, 4.69) is 12.2 Å². The van der Waals surface area contributed by atoms with Crippen molar-refractivity contribution in [1.29, 1.82) is 0 Å². The number of hydrogen-bond acceptors (Lipinski definition) is 4. The van der Waals surface area contributed by atoms with Crippen LogP contribution in [0.5, 0.6) is 5.75 Å². The van der Waals surface area contributed by atoms with E-state index in [9.17, 15) is 4.79 Å². The summed E-state index contributed by atoms with van der Waals surface area (Å²) in [5.74, 6) is 0.543. The molecule has 0 aromatic heterocycles. The van der Waals surface area contributed by atoms with Gasteiger partial charge in [-0.05, 0) is 30.7 Å². The van der Waals surface area contributed by atoms with E-state index in [0.29, 0.717) is 20.9 Å². The molecule has 0 spiro atoms. The van der Waals surface area contributed by atoms with E-state index in [1.165, 1.54) is 11.8 Å². The van der Waals surface area contributed by atoms with Crippen LogP contribution in [0.3, 0.4) is 0 Å². The molecule has 3 nitrogen and oxygen atoms in total. The summed E-state index contributed by atoms with van der Waals surface area (Å²) in [6.07, 6.45) is 3.81. The van der Waals surface area contributed by atoms with Gasteiger partial charge in [0, 0.05) is 10.6 Å². The van der Waals surface area contributed by atoms with Crippen molar-refractivity contribution in [3.05, 3.63) is 33.7 Å². The van der Waals surface area contributed by atoms with Crippen LogP contribution in [0.25, 0.3) is 6.08 Å². The van der Waals surface area contributed by atoms with Crippen LogP contribution >= 0.6 is 35.6 Å². The van der Waals surface area contributed by atoms with Crippen molar-refractivity contribution in [3.8, 4) is 5.75 Å². The number of unbranched alkanes of at least 4 members (excludes halogenated alkanes) is 1. The van der Waals surface area contributed by atoms with Crippen molar-refractivity contribution in [2.75, 3.05) is 6.61 Å². The minimum absolute atomic E-state index is 0.181. The Morgan fingerprint density at radius 1 is 1.50 bits per heavy atom. The normalized spacial score (nSPS) is 16.6. The second-order valence-electron chi connectivity index (χ2n) is 4.24. The smallest absolute Gasteiger partial charge is 0.263 e. The number of hydrogen-bond donors (Lipinski definition) is 1. The first-order valence-corrected chi connectivity index (χ1v) is 7.87. The Morgan fingerprint density at radius 2 is 2.30 bits per heavy atom. The van der Waals surface area contributed by atoms with Crippen LogP contribution < -0.4 is 10.1 Å². The summed E-state index contributed by atoms with van der Waals surface area (Å²) in [5, 5.41) is 3.19. The third-order valence-corrected chi connectivity index (χ3v) is 4.05. The summed E-state index contributed by atoms with van der Waals surface area (Å²) in [4.78, 5) is 12.2. The van der Waals surface area contributed by atoms with Gasteiger partial charge in [0.1, 0.15) is 10.1 Å². The van der Waals surface area contributed by atoms with Crippen molar-refractivity contribution in [2.45, 2.75) is 19.8 Å². The number of thioether (sulfide) groups is 1. The fraction of sp³-hybridized carbons (Fsp3) is 0.286. The zero-order chi connectivity index (χ0) is 14.5. The van der Waals surface area contributed by atoms with Gasteiger partial charge in [-0.15, -0.1) is 0 Å². The van der Waals surface area contributed by atoms with E-state index in [4.69, 9.17) is 28.6 Å². The number of rotatable bonds is 5. The van der Waals surface area contributed by atoms with Crippen molar-refractivity contribution >= 4 is 51.9 Å². The molecule has 0 radical (unpaired) electrons. The predicted molar refractivity (Wildman–Crippen MR) is 88.2 cm³/mol. The van der Waals surface area contributed by atoms with Crippen LogP contribution in [0.1, 0.15) is 25.3 Å². The highest BCUT2D eigenvalue weighted by atomic mass is 35.5. The zero-order valence-corrected chi connectivity index (χ0v) is 13.3. The van der Waals surface area contributed by atoms with E-state index in [0.717, 1.165) is 24.2 Å². The predicted octanol–water partition coefficient (Wildman–Crippen LogP) is 4.01. The topological polar surface area (TPSA) is 38.3 Å². The summed E-state index contributed by atoms with van der Waals surface area (Å²) in [6.45, 7) is 2.75. The molecule has 0 bridgehead atoms. The largest absolute Gasteiger partial charge is 0.493 e. The highest BCUT2D eigenvalue weighted by Crippen LogP contribution is 2.31. The molecule has 1 aromatic carbocycles. The maximum atomic E-state index is 11.7. The van der Waals surface area contributed by atoms with Gasteiger partial charge in [0.15, 0.2) is 0 Å².